The average Bonchev–Trinajstić information content (AvgIpc) is 3.18. The largest absolute Gasteiger partial charge is 0.487 e. The molecule has 0 amide bonds. The molecule has 0 saturated carbocycles. The summed E-state index contributed by atoms with van der Waals surface area (Å²) in [6.07, 6.45) is -8.26. The predicted molar refractivity (Wildman–Crippen MR) is 180 cm³/mol. The summed E-state index contributed by atoms with van der Waals surface area (Å²) in [7, 11) is 0. The van der Waals surface area contributed by atoms with Crippen molar-refractivity contribution in [2.45, 2.75) is 145 Å². The lowest BCUT2D eigenvalue weighted by molar-refractivity contribution is -0.143. The first-order chi connectivity index (χ1) is 25.0. The van der Waals surface area contributed by atoms with Gasteiger partial charge in [0.25, 0.3) is 0 Å². The summed E-state index contributed by atoms with van der Waals surface area (Å²) in [6.45, 7) is 19.1. The number of ketones is 1. The zero-order valence-electron chi connectivity index (χ0n) is 42.7. The molecule has 1 saturated heterocycles. The van der Waals surface area contributed by atoms with Gasteiger partial charge in [-0.25, -0.2) is 0 Å². The number of carbonyl (C=O) groups is 1. The second-order valence-corrected chi connectivity index (χ2v) is 14.8. The molecule has 2 aromatic carbocycles. The van der Waals surface area contributed by atoms with Crippen molar-refractivity contribution in [3.63, 3.8) is 0 Å². The van der Waals surface area contributed by atoms with E-state index in [2.05, 4.69) is 0 Å². The standard InChI is InChI=1S/C39H59NO3/c1-24(2)42-31-22-29-32(26(4)34(31)43-35(6,7)8)36(9,10)30(33(29)41)23-39(15)20-21-40(38(13,14)37(39,11)12)27(5)28-19-17-16-18-25(28)3/h16-19,22,24,27,30H,20-21,23H2,1-15H3/i16D,17D,18D,19D,20D2,21D2,22D,23D2,24D,27D,30D. The smallest absolute Gasteiger partial charge is 0.167 e. The van der Waals surface area contributed by atoms with Crippen LogP contribution in [0.1, 0.15) is 161 Å². The van der Waals surface area contributed by atoms with Crippen molar-refractivity contribution < 1.29 is 33.5 Å². The van der Waals surface area contributed by atoms with Crippen LogP contribution in [0.25, 0.3) is 0 Å². The molecule has 0 N–H and O–H groups in total. The predicted octanol–water partition coefficient (Wildman–Crippen LogP) is 10.0. The minimum absolute atomic E-state index is 0.0359. The van der Waals surface area contributed by atoms with E-state index in [-0.39, 0.29) is 39.3 Å². The molecule has 1 fully saturated rings. The quantitative estimate of drug-likeness (QED) is 0.316. The molecule has 1 heterocycles. The van der Waals surface area contributed by atoms with Gasteiger partial charge in [0, 0.05) is 38.0 Å². The molecule has 2 aromatic rings. The molecule has 0 spiro atoms. The molecule has 2 aliphatic rings. The van der Waals surface area contributed by atoms with E-state index in [4.69, 9.17) is 16.3 Å². The number of piperidine rings is 1. The van der Waals surface area contributed by atoms with Crippen LogP contribution < -0.4 is 9.47 Å². The number of fused-ring (bicyclic) bond motifs is 1. The third-order valence-corrected chi connectivity index (χ3v) is 9.53. The van der Waals surface area contributed by atoms with Gasteiger partial charge in [-0.15, -0.1) is 0 Å². The van der Waals surface area contributed by atoms with Crippen LogP contribution >= 0.6 is 0 Å². The molecule has 4 heteroatoms. The first-order valence-electron chi connectivity index (χ1n) is 21.9. The Morgan fingerprint density at radius 1 is 1.12 bits per heavy atom. The van der Waals surface area contributed by atoms with Crippen molar-refractivity contribution in [3.8, 4) is 11.5 Å². The number of likely N-dealkylation sites (tertiary alicyclic amines) is 1. The summed E-state index contributed by atoms with van der Waals surface area (Å²) in [5.74, 6) is -4.30. The van der Waals surface area contributed by atoms with Gasteiger partial charge in [0.2, 0.25) is 0 Å². The van der Waals surface area contributed by atoms with Crippen molar-refractivity contribution in [3.05, 3.63) is 58.0 Å². The Morgan fingerprint density at radius 2 is 1.72 bits per heavy atom. The molecule has 238 valence electrons. The number of carbonyl (C=O) groups excluding carboxylic acids is 1. The molecule has 3 atom stereocenters. The van der Waals surface area contributed by atoms with Crippen LogP contribution in [-0.4, -0.2) is 34.4 Å². The topological polar surface area (TPSA) is 38.8 Å². The van der Waals surface area contributed by atoms with Gasteiger partial charge >= 0.3 is 0 Å². The highest BCUT2D eigenvalue weighted by Gasteiger charge is 2.60. The van der Waals surface area contributed by atoms with Crippen LogP contribution in [0.5, 0.6) is 11.5 Å². The number of benzene rings is 2. The first kappa shape index (κ1) is 19.2. The summed E-state index contributed by atoms with van der Waals surface area (Å²) < 4.78 is 143. The van der Waals surface area contributed by atoms with Crippen molar-refractivity contribution in [1.29, 1.82) is 0 Å². The second-order valence-electron chi connectivity index (χ2n) is 14.8. The summed E-state index contributed by atoms with van der Waals surface area (Å²) >= 11 is 0. The molecule has 0 radical (unpaired) electrons. The molecular formula is C39H59NO3. The van der Waals surface area contributed by atoms with Gasteiger partial charge in [-0.1, -0.05) is 58.8 Å². The molecule has 3 unspecified atom stereocenters. The van der Waals surface area contributed by atoms with Crippen molar-refractivity contribution in [2.24, 2.45) is 16.7 Å². The van der Waals surface area contributed by atoms with Gasteiger partial charge in [0.15, 0.2) is 17.3 Å². The van der Waals surface area contributed by atoms with Gasteiger partial charge in [-0.3, -0.25) is 9.69 Å². The van der Waals surface area contributed by atoms with Gasteiger partial charge in [-0.05, 0) is 128 Å². The van der Waals surface area contributed by atoms with Crippen molar-refractivity contribution in [2.75, 3.05) is 6.50 Å². The molecule has 4 nitrogen and oxygen atoms in total. The third-order valence-electron chi connectivity index (χ3n) is 9.53. The number of rotatable bonds is 7. The lowest BCUT2D eigenvalue weighted by Crippen LogP contribution is -2.65. The van der Waals surface area contributed by atoms with Crippen molar-refractivity contribution in [1.82, 2.24) is 4.90 Å². The van der Waals surface area contributed by atoms with Crippen LogP contribution in [0.3, 0.4) is 0 Å². The Morgan fingerprint density at radius 3 is 2.30 bits per heavy atom. The number of Topliss-reactive ketones (excluding diaryl/α,β-unsaturated/α-hetero) is 1. The minimum Gasteiger partial charge on any atom is -0.487 e. The fourth-order valence-corrected chi connectivity index (χ4v) is 6.25. The fourth-order valence-electron chi connectivity index (χ4n) is 6.25. The SMILES string of the molecule is [2H]c1c([2H])c([2H])c(C([2H])(C)N2C([2H])([2H])C([2H])([2H])C(C)(C([2H])([2H])C3([2H])C(=O)c4c([2H])c(OC([2H])(C)C)c(OC(C)(C)C)c(C)c4C3(C)C)C(C)(C)C2(C)C)c(C)c1[2H]. The Kier molecular flexibility index (Phi) is 4.89. The number of nitrogens with zero attached hydrogens (tertiary/aromatic N) is 1. The highest BCUT2D eigenvalue weighted by Crippen LogP contribution is 2.62. The minimum atomic E-state index is -3.36. The van der Waals surface area contributed by atoms with E-state index in [1.807, 2.05) is 0 Å². The number of hydrogen-bond acceptors (Lipinski definition) is 4. The van der Waals surface area contributed by atoms with Gasteiger partial charge in [-0.2, -0.15) is 0 Å². The van der Waals surface area contributed by atoms with Gasteiger partial charge in [0.1, 0.15) is 5.60 Å². The highest BCUT2D eigenvalue weighted by molar-refractivity contribution is 6.05. The second kappa shape index (κ2) is 10.9. The maximum atomic E-state index is 15.2. The molecule has 1 aliphatic carbocycles. The average molecular weight is 604 g/mol. The maximum absolute atomic E-state index is 15.2. The van der Waals surface area contributed by atoms with E-state index >= 15 is 4.79 Å². The highest BCUT2D eigenvalue weighted by atomic mass is 16.5. The Balaban J connectivity index is 2.12. The Bertz CT molecular complexity index is 1990. The van der Waals surface area contributed by atoms with E-state index in [0.717, 1.165) is 4.90 Å². The summed E-state index contributed by atoms with van der Waals surface area (Å²) in [4.78, 5) is 16.1. The van der Waals surface area contributed by atoms with Crippen LogP contribution in [0, 0.1) is 30.6 Å². The van der Waals surface area contributed by atoms with E-state index in [9.17, 15) is 12.3 Å². The summed E-state index contributed by atoms with van der Waals surface area (Å²) in [5, 5.41) is 0. The number of hydrogen-bond donors (Lipinski definition) is 0. The van der Waals surface area contributed by atoms with Gasteiger partial charge in [0.05, 0.1) is 15.7 Å². The lowest BCUT2D eigenvalue weighted by atomic mass is 9.50. The van der Waals surface area contributed by atoms with Gasteiger partial charge < -0.3 is 9.47 Å². The lowest BCUT2D eigenvalue weighted by Gasteiger charge is -2.64. The first-order valence-corrected chi connectivity index (χ1v) is 14.9. The van der Waals surface area contributed by atoms with Crippen LogP contribution in [0.15, 0.2) is 30.2 Å². The van der Waals surface area contributed by atoms with Crippen molar-refractivity contribution >= 4 is 5.78 Å². The zero-order valence-corrected chi connectivity index (χ0v) is 28.7. The van der Waals surface area contributed by atoms with E-state index in [1.54, 1.807) is 27.7 Å². The normalized spacial score (nSPS) is 35.6. The van der Waals surface area contributed by atoms with E-state index < -0.39 is 101 Å². The maximum Gasteiger partial charge on any atom is 0.167 e. The van der Waals surface area contributed by atoms with Crippen LogP contribution in [-0.2, 0) is 5.41 Å². The third kappa shape index (κ3) is 5.55. The van der Waals surface area contributed by atoms with E-state index in [0.29, 0.717) is 0 Å². The molecule has 43 heavy (non-hydrogen) atoms. The summed E-state index contributed by atoms with van der Waals surface area (Å²) in [6, 6.07) is -5.17. The molecule has 1 aliphatic heterocycles. The summed E-state index contributed by atoms with van der Waals surface area (Å²) in [5.41, 5.74) is -9.16. The Labute approximate surface area is 282 Å². The molecular weight excluding hydrogens is 530 g/mol. The number of ether oxygens (including phenoxy) is 2. The molecule has 0 aromatic heterocycles. The van der Waals surface area contributed by atoms with E-state index in [1.165, 1.54) is 76.2 Å². The molecule has 4 rings (SSSR count). The zero-order chi connectivity index (χ0) is 45.0. The monoisotopic (exact) mass is 604 g/mol. The Hall–Kier alpha value is -2.33. The fraction of sp³-hybridized carbons (Fsp3) is 0.667. The van der Waals surface area contributed by atoms with Crippen LogP contribution in [0.2, 0.25) is 0 Å². The molecule has 0 bridgehead atoms. The van der Waals surface area contributed by atoms with Crippen LogP contribution in [0.4, 0.5) is 0 Å².